The Labute approximate surface area is 104 Å². The van der Waals surface area contributed by atoms with Crippen molar-refractivity contribution in [2.24, 2.45) is 0 Å². The first-order chi connectivity index (χ1) is 8.63. The number of rotatable bonds is 3. The lowest BCUT2D eigenvalue weighted by Crippen LogP contribution is -2.48. The number of piperidine rings is 1. The number of carboxylic acids is 1. The number of aryl methyl sites for hydroxylation is 1. The number of amides is 1. The highest BCUT2D eigenvalue weighted by molar-refractivity contribution is 5.93. The molecule has 0 saturated carbocycles. The molecule has 1 amide bonds. The predicted octanol–water partition coefficient (Wildman–Crippen LogP) is 0.446. The summed E-state index contributed by atoms with van der Waals surface area (Å²) in [6.45, 7) is 2.35. The number of aromatic nitrogens is 3. The summed E-state index contributed by atoms with van der Waals surface area (Å²) in [6.07, 6.45) is 2.80. The molecule has 2 N–H and O–H groups in total. The third-order valence-corrected chi connectivity index (χ3v) is 3.11. The van der Waals surface area contributed by atoms with Crippen molar-refractivity contribution in [2.45, 2.75) is 38.6 Å². The van der Waals surface area contributed by atoms with Crippen LogP contribution in [0.5, 0.6) is 0 Å². The van der Waals surface area contributed by atoms with E-state index in [0.717, 1.165) is 12.8 Å². The fourth-order valence-corrected chi connectivity index (χ4v) is 2.11. The summed E-state index contributed by atoms with van der Waals surface area (Å²) in [6, 6.07) is -0.755. The average Bonchev–Trinajstić information content (AvgIpc) is 2.86. The molecule has 0 spiro atoms. The highest BCUT2D eigenvalue weighted by atomic mass is 16.4. The van der Waals surface area contributed by atoms with Crippen LogP contribution in [-0.4, -0.2) is 49.7 Å². The number of carbonyl (C=O) groups excluding carboxylic acids is 1. The van der Waals surface area contributed by atoms with Gasteiger partial charge in [0.15, 0.2) is 0 Å². The zero-order chi connectivity index (χ0) is 13.1. The molecule has 7 nitrogen and oxygen atoms in total. The Hall–Kier alpha value is -1.92. The molecule has 2 rings (SSSR count). The van der Waals surface area contributed by atoms with Gasteiger partial charge >= 0.3 is 5.97 Å². The lowest BCUT2D eigenvalue weighted by molar-refractivity contribution is -0.143. The molecule has 18 heavy (non-hydrogen) atoms. The van der Waals surface area contributed by atoms with E-state index in [1.807, 2.05) is 6.92 Å². The standard InChI is InChI=1S/C11H16N4O3/c1-2-8-12-9(14-13-8)10(16)15-6-4-3-5-7(15)11(17)18/h7H,2-6H2,1H3,(H,17,18)(H,12,13,14)/t7-/m0/s1. The summed E-state index contributed by atoms with van der Waals surface area (Å²) in [7, 11) is 0. The molecule has 1 saturated heterocycles. The monoisotopic (exact) mass is 252 g/mol. The lowest BCUT2D eigenvalue weighted by Gasteiger charge is -2.31. The van der Waals surface area contributed by atoms with Gasteiger partial charge in [0.2, 0.25) is 5.82 Å². The van der Waals surface area contributed by atoms with Gasteiger partial charge < -0.3 is 10.0 Å². The zero-order valence-corrected chi connectivity index (χ0v) is 10.2. The van der Waals surface area contributed by atoms with Crippen LogP contribution >= 0.6 is 0 Å². The number of likely N-dealkylation sites (tertiary alicyclic amines) is 1. The fourth-order valence-electron chi connectivity index (χ4n) is 2.11. The van der Waals surface area contributed by atoms with Crippen LogP contribution in [0.2, 0.25) is 0 Å². The van der Waals surface area contributed by atoms with Crippen LogP contribution < -0.4 is 0 Å². The average molecular weight is 252 g/mol. The van der Waals surface area contributed by atoms with Crippen molar-refractivity contribution in [1.29, 1.82) is 0 Å². The molecule has 2 heterocycles. The number of hydrogen-bond donors (Lipinski definition) is 2. The van der Waals surface area contributed by atoms with E-state index in [-0.39, 0.29) is 5.82 Å². The van der Waals surface area contributed by atoms with E-state index in [9.17, 15) is 9.59 Å². The molecule has 1 fully saturated rings. The maximum Gasteiger partial charge on any atom is 0.326 e. The van der Waals surface area contributed by atoms with Gasteiger partial charge in [0, 0.05) is 13.0 Å². The van der Waals surface area contributed by atoms with Crippen molar-refractivity contribution in [2.75, 3.05) is 6.54 Å². The second kappa shape index (κ2) is 5.16. The van der Waals surface area contributed by atoms with Crippen molar-refractivity contribution in [3.05, 3.63) is 11.6 Å². The van der Waals surface area contributed by atoms with Gasteiger partial charge in [-0.25, -0.2) is 9.78 Å². The summed E-state index contributed by atoms with van der Waals surface area (Å²) in [5.41, 5.74) is 0. The molecule has 0 bridgehead atoms. The summed E-state index contributed by atoms with van der Waals surface area (Å²) >= 11 is 0. The van der Waals surface area contributed by atoms with E-state index < -0.39 is 17.9 Å². The first-order valence-corrected chi connectivity index (χ1v) is 6.08. The first-order valence-electron chi connectivity index (χ1n) is 6.08. The Bertz CT molecular complexity index is 457. The van der Waals surface area contributed by atoms with Crippen LogP contribution in [0.4, 0.5) is 0 Å². The summed E-state index contributed by atoms with van der Waals surface area (Å²) in [5.74, 6) is -0.686. The van der Waals surface area contributed by atoms with E-state index in [1.165, 1.54) is 4.90 Å². The maximum absolute atomic E-state index is 12.2. The Balaban J connectivity index is 2.17. The van der Waals surface area contributed by atoms with E-state index in [1.54, 1.807) is 0 Å². The largest absolute Gasteiger partial charge is 0.480 e. The highest BCUT2D eigenvalue weighted by Crippen LogP contribution is 2.18. The fraction of sp³-hybridized carbons (Fsp3) is 0.636. The van der Waals surface area contributed by atoms with Gasteiger partial charge in [-0.2, -0.15) is 0 Å². The lowest BCUT2D eigenvalue weighted by atomic mass is 10.0. The van der Waals surface area contributed by atoms with Crippen molar-refractivity contribution >= 4 is 11.9 Å². The smallest absolute Gasteiger partial charge is 0.326 e. The van der Waals surface area contributed by atoms with Gasteiger partial charge in [-0.15, -0.1) is 5.10 Å². The Kier molecular flexibility index (Phi) is 3.59. The van der Waals surface area contributed by atoms with Crippen molar-refractivity contribution in [1.82, 2.24) is 20.1 Å². The maximum atomic E-state index is 12.2. The molecule has 0 aromatic carbocycles. The Morgan fingerprint density at radius 3 is 2.89 bits per heavy atom. The number of nitrogens with one attached hydrogen (secondary N) is 1. The molecule has 0 aliphatic carbocycles. The number of aromatic amines is 1. The van der Waals surface area contributed by atoms with Gasteiger partial charge in [0.1, 0.15) is 11.9 Å². The first kappa shape index (κ1) is 12.5. The number of carbonyl (C=O) groups is 2. The zero-order valence-electron chi connectivity index (χ0n) is 10.2. The van der Waals surface area contributed by atoms with E-state index in [0.29, 0.717) is 25.2 Å². The molecule has 1 aromatic heterocycles. The third kappa shape index (κ3) is 2.34. The van der Waals surface area contributed by atoms with Gasteiger partial charge in [-0.05, 0) is 19.3 Å². The van der Waals surface area contributed by atoms with E-state index >= 15 is 0 Å². The molecule has 1 aliphatic heterocycles. The van der Waals surface area contributed by atoms with Gasteiger partial charge in [-0.3, -0.25) is 9.89 Å². The molecular weight excluding hydrogens is 236 g/mol. The number of aliphatic carboxylic acids is 1. The van der Waals surface area contributed by atoms with Crippen molar-refractivity contribution < 1.29 is 14.7 Å². The van der Waals surface area contributed by atoms with Crippen LogP contribution in [-0.2, 0) is 11.2 Å². The summed E-state index contributed by atoms with van der Waals surface area (Å²) in [4.78, 5) is 28.7. The minimum Gasteiger partial charge on any atom is -0.480 e. The molecule has 0 unspecified atom stereocenters. The topological polar surface area (TPSA) is 99.2 Å². The van der Waals surface area contributed by atoms with Gasteiger partial charge in [0.25, 0.3) is 5.91 Å². The quantitative estimate of drug-likeness (QED) is 0.813. The normalized spacial score (nSPS) is 19.8. The number of H-pyrrole nitrogens is 1. The van der Waals surface area contributed by atoms with Gasteiger partial charge in [0.05, 0.1) is 0 Å². The minimum absolute atomic E-state index is 0.0556. The summed E-state index contributed by atoms with van der Waals surface area (Å²) < 4.78 is 0. The molecule has 7 heteroatoms. The number of hydrogen-bond acceptors (Lipinski definition) is 4. The van der Waals surface area contributed by atoms with Crippen molar-refractivity contribution in [3.63, 3.8) is 0 Å². The SMILES string of the molecule is CCc1nc(C(=O)N2CCCC[C@H]2C(=O)O)n[nH]1. The van der Waals surface area contributed by atoms with E-state index in [4.69, 9.17) is 5.11 Å². The second-order valence-corrected chi connectivity index (χ2v) is 4.31. The molecule has 98 valence electrons. The highest BCUT2D eigenvalue weighted by Gasteiger charge is 2.33. The molecule has 1 aromatic rings. The van der Waals surface area contributed by atoms with E-state index in [2.05, 4.69) is 15.2 Å². The van der Waals surface area contributed by atoms with Crippen LogP contribution in [0.3, 0.4) is 0 Å². The third-order valence-electron chi connectivity index (χ3n) is 3.11. The number of carboxylic acid groups (broad SMARTS) is 1. The Morgan fingerprint density at radius 2 is 2.28 bits per heavy atom. The number of nitrogens with zero attached hydrogens (tertiary/aromatic N) is 3. The molecule has 0 radical (unpaired) electrons. The van der Waals surface area contributed by atoms with Crippen LogP contribution in [0.1, 0.15) is 42.6 Å². The molecule has 1 aliphatic rings. The van der Waals surface area contributed by atoms with Gasteiger partial charge in [-0.1, -0.05) is 6.92 Å². The van der Waals surface area contributed by atoms with Crippen LogP contribution in [0.25, 0.3) is 0 Å². The minimum atomic E-state index is -0.964. The molecule has 1 atom stereocenters. The van der Waals surface area contributed by atoms with Crippen LogP contribution in [0, 0.1) is 0 Å². The second-order valence-electron chi connectivity index (χ2n) is 4.31. The molecular formula is C11H16N4O3. The predicted molar refractivity (Wildman–Crippen MR) is 62.1 cm³/mol. The summed E-state index contributed by atoms with van der Waals surface area (Å²) in [5, 5.41) is 15.6. The van der Waals surface area contributed by atoms with Crippen molar-refractivity contribution in [3.8, 4) is 0 Å². The Morgan fingerprint density at radius 1 is 1.50 bits per heavy atom. The van der Waals surface area contributed by atoms with Crippen LogP contribution in [0.15, 0.2) is 0 Å².